The molecule has 9 nitrogen and oxygen atoms in total. The molecule has 0 bridgehead atoms. The number of nitrogens with one attached hydrogen (secondary N) is 2. The number of nitrogens with zero attached hydrogens (tertiary/aromatic N) is 4. The van der Waals surface area contributed by atoms with Crippen LogP contribution < -0.4 is 10.5 Å². The van der Waals surface area contributed by atoms with Crippen molar-refractivity contribution in [3.63, 3.8) is 0 Å². The van der Waals surface area contributed by atoms with Crippen LogP contribution in [0, 0.1) is 11.6 Å². The van der Waals surface area contributed by atoms with Crippen molar-refractivity contribution in [3.8, 4) is 11.3 Å². The minimum Gasteiger partial charge on any atom is -0.465 e. The third-order valence-corrected chi connectivity index (χ3v) is 5.42. The maximum Gasteiger partial charge on any atom is 0.414 e. The fraction of sp³-hybridized carbons (Fsp3) is 0.200. The Morgan fingerprint density at radius 3 is 2.58 bits per heavy atom. The van der Waals surface area contributed by atoms with E-state index in [4.69, 9.17) is 0 Å². The molecule has 0 unspecified atom stereocenters. The summed E-state index contributed by atoms with van der Waals surface area (Å²) in [5.41, 5.74) is 0.615. The first-order valence-electron chi connectivity index (χ1n) is 9.40. The lowest BCUT2D eigenvalue weighted by molar-refractivity contribution is 0.160. The standard InChI is InChI=1S/C20H16F2N6O3/c1-27-7-10(8-27)28(20(30)31)19-23-13-5-2-9(6-14(13)24-19)17-15-11(21)3-4-12(22)16(15)18(29)26-25-17/h2-6,10H,7-8H2,1H3,(H,23,24)(H,26,29)(H,30,31). The summed E-state index contributed by atoms with van der Waals surface area (Å²) in [5.74, 6) is -1.45. The average Bonchev–Trinajstić information content (AvgIpc) is 3.12. The molecule has 0 radical (unpaired) electrons. The Morgan fingerprint density at radius 1 is 1.19 bits per heavy atom. The summed E-state index contributed by atoms with van der Waals surface area (Å²) in [6, 6.07) is 6.43. The van der Waals surface area contributed by atoms with Crippen molar-refractivity contribution in [1.29, 1.82) is 0 Å². The normalized spacial score (nSPS) is 14.8. The van der Waals surface area contributed by atoms with E-state index in [1.165, 1.54) is 4.90 Å². The number of likely N-dealkylation sites (N-methyl/N-ethyl adjacent to an activating group) is 1. The van der Waals surface area contributed by atoms with E-state index in [9.17, 15) is 23.5 Å². The molecule has 158 valence electrons. The Labute approximate surface area is 172 Å². The predicted molar refractivity (Wildman–Crippen MR) is 109 cm³/mol. The van der Waals surface area contributed by atoms with Crippen LogP contribution in [-0.4, -0.2) is 62.4 Å². The van der Waals surface area contributed by atoms with E-state index in [1.807, 2.05) is 11.9 Å². The predicted octanol–water partition coefficient (Wildman–Crippen LogP) is 2.54. The molecule has 2 aromatic carbocycles. The van der Waals surface area contributed by atoms with Gasteiger partial charge in [-0.05, 0) is 31.3 Å². The number of hydrogen-bond acceptors (Lipinski definition) is 5. The molecule has 1 aliphatic rings. The first kappa shape index (κ1) is 19.1. The van der Waals surface area contributed by atoms with Crippen molar-refractivity contribution in [2.75, 3.05) is 25.0 Å². The Morgan fingerprint density at radius 2 is 1.90 bits per heavy atom. The molecule has 1 amide bonds. The van der Waals surface area contributed by atoms with Gasteiger partial charge in [0.1, 0.15) is 17.3 Å². The Hall–Kier alpha value is -3.86. The van der Waals surface area contributed by atoms with Crippen LogP contribution in [-0.2, 0) is 0 Å². The van der Waals surface area contributed by atoms with Crippen LogP contribution in [0.3, 0.4) is 0 Å². The van der Waals surface area contributed by atoms with Gasteiger partial charge in [0.05, 0.1) is 27.8 Å². The van der Waals surface area contributed by atoms with Crippen molar-refractivity contribution in [2.24, 2.45) is 0 Å². The summed E-state index contributed by atoms with van der Waals surface area (Å²) in [4.78, 5) is 34.3. The summed E-state index contributed by atoms with van der Waals surface area (Å²) in [5, 5.41) is 15.1. The molecular weight excluding hydrogens is 410 g/mol. The SMILES string of the molecule is CN1CC(N(C(=O)O)c2nc3ccc(-c4n[nH]c(=O)c5c(F)ccc(F)c45)cc3[nH]2)C1. The summed E-state index contributed by atoms with van der Waals surface area (Å²) in [6.45, 7) is 1.18. The quantitative estimate of drug-likeness (QED) is 0.463. The summed E-state index contributed by atoms with van der Waals surface area (Å²) >= 11 is 0. The van der Waals surface area contributed by atoms with Crippen LogP contribution in [0.5, 0.6) is 0 Å². The number of likely N-dealkylation sites (tertiary alicyclic amines) is 1. The molecule has 3 N–H and O–H groups in total. The first-order chi connectivity index (χ1) is 14.8. The van der Waals surface area contributed by atoms with Gasteiger partial charge in [-0.25, -0.2) is 28.6 Å². The van der Waals surface area contributed by atoms with Gasteiger partial charge >= 0.3 is 6.09 Å². The highest BCUT2D eigenvalue weighted by atomic mass is 19.1. The lowest BCUT2D eigenvalue weighted by Crippen LogP contribution is -2.59. The van der Waals surface area contributed by atoms with Gasteiger partial charge in [0.2, 0.25) is 5.95 Å². The molecule has 0 atom stereocenters. The van der Waals surface area contributed by atoms with Crippen molar-refractivity contribution in [3.05, 3.63) is 52.3 Å². The van der Waals surface area contributed by atoms with Gasteiger partial charge in [-0.2, -0.15) is 5.10 Å². The van der Waals surface area contributed by atoms with Gasteiger partial charge in [-0.1, -0.05) is 6.07 Å². The smallest absolute Gasteiger partial charge is 0.414 e. The molecule has 1 aliphatic heterocycles. The van der Waals surface area contributed by atoms with Crippen molar-refractivity contribution < 1.29 is 18.7 Å². The van der Waals surface area contributed by atoms with Gasteiger partial charge in [0.25, 0.3) is 5.56 Å². The summed E-state index contributed by atoms with van der Waals surface area (Å²) in [6.07, 6.45) is -1.12. The zero-order valence-corrected chi connectivity index (χ0v) is 16.2. The monoisotopic (exact) mass is 426 g/mol. The molecule has 5 rings (SSSR count). The highest BCUT2D eigenvalue weighted by Crippen LogP contribution is 2.31. The first-order valence-corrected chi connectivity index (χ1v) is 9.40. The molecule has 3 heterocycles. The van der Waals surface area contributed by atoms with Crippen molar-refractivity contribution in [2.45, 2.75) is 6.04 Å². The second kappa shape index (κ2) is 6.84. The third-order valence-electron chi connectivity index (χ3n) is 5.42. The average molecular weight is 426 g/mol. The second-order valence-electron chi connectivity index (χ2n) is 7.50. The number of imidazole rings is 1. The molecule has 1 fully saturated rings. The molecule has 11 heteroatoms. The van der Waals surface area contributed by atoms with E-state index in [2.05, 4.69) is 20.2 Å². The summed E-state index contributed by atoms with van der Waals surface area (Å²) < 4.78 is 28.7. The highest BCUT2D eigenvalue weighted by molar-refractivity contribution is 5.97. The van der Waals surface area contributed by atoms with Crippen LogP contribution in [0.2, 0.25) is 0 Å². The fourth-order valence-corrected chi connectivity index (χ4v) is 3.94. The molecule has 0 aliphatic carbocycles. The van der Waals surface area contributed by atoms with Gasteiger partial charge in [-0.3, -0.25) is 4.79 Å². The summed E-state index contributed by atoms with van der Waals surface area (Å²) in [7, 11) is 1.89. The Bertz CT molecular complexity index is 1410. The van der Waals surface area contributed by atoms with E-state index in [-0.39, 0.29) is 23.1 Å². The molecule has 0 saturated carbocycles. The van der Waals surface area contributed by atoms with E-state index < -0.39 is 28.7 Å². The van der Waals surface area contributed by atoms with E-state index >= 15 is 0 Å². The van der Waals surface area contributed by atoms with Crippen LogP contribution in [0.25, 0.3) is 33.1 Å². The molecule has 4 aromatic rings. The van der Waals surface area contributed by atoms with Gasteiger partial charge < -0.3 is 15.0 Å². The molecule has 31 heavy (non-hydrogen) atoms. The van der Waals surface area contributed by atoms with Gasteiger partial charge in [0.15, 0.2) is 0 Å². The number of benzene rings is 2. The molecular formula is C20H16F2N6O3. The Balaban J connectivity index is 1.64. The zero-order chi connectivity index (χ0) is 21.9. The number of amides is 1. The van der Waals surface area contributed by atoms with Crippen LogP contribution in [0.1, 0.15) is 0 Å². The van der Waals surface area contributed by atoms with Crippen LogP contribution >= 0.6 is 0 Å². The number of aromatic amines is 2. The lowest BCUT2D eigenvalue weighted by Gasteiger charge is -2.40. The second-order valence-corrected chi connectivity index (χ2v) is 7.50. The number of rotatable bonds is 3. The number of anilines is 1. The van der Waals surface area contributed by atoms with Crippen LogP contribution in [0.4, 0.5) is 19.5 Å². The number of fused-ring (bicyclic) bond motifs is 2. The topological polar surface area (TPSA) is 118 Å². The van der Waals surface area contributed by atoms with Crippen molar-refractivity contribution in [1.82, 2.24) is 25.1 Å². The number of H-pyrrole nitrogens is 2. The van der Waals surface area contributed by atoms with E-state index in [0.29, 0.717) is 29.7 Å². The highest BCUT2D eigenvalue weighted by Gasteiger charge is 2.35. The maximum atomic E-state index is 14.5. The maximum absolute atomic E-state index is 14.5. The largest absolute Gasteiger partial charge is 0.465 e. The molecule has 1 saturated heterocycles. The minimum absolute atomic E-state index is 0.0559. The lowest BCUT2D eigenvalue weighted by atomic mass is 10.0. The Kier molecular flexibility index (Phi) is 4.22. The number of carbonyl (C=O) groups is 1. The number of hydrogen-bond donors (Lipinski definition) is 3. The third kappa shape index (κ3) is 3.01. The minimum atomic E-state index is -1.12. The van der Waals surface area contributed by atoms with Gasteiger partial charge in [0, 0.05) is 18.7 Å². The number of halogens is 2. The fourth-order valence-electron chi connectivity index (χ4n) is 3.94. The number of aromatic nitrogens is 4. The molecule has 0 spiro atoms. The van der Waals surface area contributed by atoms with E-state index in [0.717, 1.165) is 12.1 Å². The number of carboxylic acid groups (broad SMARTS) is 1. The van der Waals surface area contributed by atoms with Crippen molar-refractivity contribution >= 4 is 33.8 Å². The molecule has 2 aromatic heterocycles. The van der Waals surface area contributed by atoms with Gasteiger partial charge in [-0.15, -0.1) is 0 Å². The van der Waals surface area contributed by atoms with Crippen LogP contribution in [0.15, 0.2) is 35.1 Å². The van der Waals surface area contributed by atoms with E-state index in [1.54, 1.807) is 18.2 Å². The zero-order valence-electron chi connectivity index (χ0n) is 16.2.